The second-order valence-electron chi connectivity index (χ2n) is 4.75. The van der Waals surface area contributed by atoms with E-state index in [9.17, 15) is 9.90 Å². The lowest BCUT2D eigenvalue weighted by molar-refractivity contribution is 0.0684. The van der Waals surface area contributed by atoms with Crippen molar-refractivity contribution < 1.29 is 9.90 Å². The molecule has 0 aliphatic carbocycles. The summed E-state index contributed by atoms with van der Waals surface area (Å²) >= 11 is 0. The summed E-state index contributed by atoms with van der Waals surface area (Å²) in [5, 5.41) is 9.39. The SMILES string of the molecule is Cc1cccc(-c2ccn(C(C)C)c2C(=O)O)c1. The average molecular weight is 243 g/mol. The maximum Gasteiger partial charge on any atom is 0.353 e. The van der Waals surface area contributed by atoms with Crippen LogP contribution >= 0.6 is 0 Å². The molecule has 0 aliphatic heterocycles. The van der Waals surface area contributed by atoms with E-state index in [1.54, 1.807) is 4.57 Å². The zero-order chi connectivity index (χ0) is 13.3. The molecule has 94 valence electrons. The second kappa shape index (κ2) is 4.69. The van der Waals surface area contributed by atoms with Crippen molar-refractivity contribution in [3.63, 3.8) is 0 Å². The molecule has 0 bridgehead atoms. The zero-order valence-electron chi connectivity index (χ0n) is 10.8. The van der Waals surface area contributed by atoms with Gasteiger partial charge < -0.3 is 9.67 Å². The van der Waals surface area contributed by atoms with Gasteiger partial charge in [0.15, 0.2) is 0 Å². The van der Waals surface area contributed by atoms with Crippen LogP contribution in [0.4, 0.5) is 0 Å². The maximum atomic E-state index is 11.4. The van der Waals surface area contributed by atoms with Gasteiger partial charge in [-0.3, -0.25) is 0 Å². The van der Waals surface area contributed by atoms with Crippen molar-refractivity contribution in [3.05, 3.63) is 47.8 Å². The largest absolute Gasteiger partial charge is 0.477 e. The summed E-state index contributed by atoms with van der Waals surface area (Å²) < 4.78 is 1.79. The summed E-state index contributed by atoms with van der Waals surface area (Å²) in [6.07, 6.45) is 1.84. The van der Waals surface area contributed by atoms with Crippen molar-refractivity contribution in [2.24, 2.45) is 0 Å². The molecule has 3 heteroatoms. The highest BCUT2D eigenvalue weighted by Crippen LogP contribution is 2.27. The molecule has 0 aliphatic rings. The predicted molar refractivity (Wildman–Crippen MR) is 71.9 cm³/mol. The molecule has 18 heavy (non-hydrogen) atoms. The molecular weight excluding hydrogens is 226 g/mol. The summed E-state index contributed by atoms with van der Waals surface area (Å²) in [5.41, 5.74) is 3.21. The highest BCUT2D eigenvalue weighted by molar-refractivity contribution is 5.94. The van der Waals surface area contributed by atoms with Gasteiger partial charge in [0.25, 0.3) is 0 Å². The first kappa shape index (κ1) is 12.4. The Balaban J connectivity index is 2.62. The fourth-order valence-corrected chi connectivity index (χ4v) is 2.15. The Morgan fingerprint density at radius 2 is 2.00 bits per heavy atom. The highest BCUT2D eigenvalue weighted by Gasteiger charge is 2.18. The number of carboxylic acid groups (broad SMARTS) is 1. The molecule has 0 saturated heterocycles. The summed E-state index contributed by atoms with van der Waals surface area (Å²) in [4.78, 5) is 11.4. The first-order valence-electron chi connectivity index (χ1n) is 6.02. The first-order valence-corrected chi connectivity index (χ1v) is 6.02. The number of carbonyl (C=O) groups is 1. The van der Waals surface area contributed by atoms with Crippen LogP contribution < -0.4 is 0 Å². The summed E-state index contributed by atoms with van der Waals surface area (Å²) in [6.45, 7) is 5.96. The number of carboxylic acids is 1. The molecule has 0 fully saturated rings. The van der Waals surface area contributed by atoms with Crippen LogP contribution in [-0.4, -0.2) is 15.6 Å². The number of hydrogen-bond donors (Lipinski definition) is 1. The molecule has 2 aromatic rings. The van der Waals surface area contributed by atoms with Crippen molar-refractivity contribution >= 4 is 5.97 Å². The van der Waals surface area contributed by atoms with Crippen LogP contribution in [0.1, 0.15) is 35.9 Å². The molecule has 1 aromatic heterocycles. The Bertz CT molecular complexity index is 582. The van der Waals surface area contributed by atoms with Crippen molar-refractivity contribution in [3.8, 4) is 11.1 Å². The van der Waals surface area contributed by atoms with E-state index in [2.05, 4.69) is 0 Å². The van der Waals surface area contributed by atoms with Gasteiger partial charge in [-0.25, -0.2) is 4.79 Å². The molecule has 1 aromatic carbocycles. The van der Waals surface area contributed by atoms with E-state index in [1.165, 1.54) is 0 Å². The van der Waals surface area contributed by atoms with Crippen LogP contribution in [0.25, 0.3) is 11.1 Å². The van der Waals surface area contributed by atoms with Gasteiger partial charge in [0, 0.05) is 17.8 Å². The first-order chi connectivity index (χ1) is 8.50. The molecule has 0 atom stereocenters. The molecule has 0 radical (unpaired) electrons. The van der Waals surface area contributed by atoms with Gasteiger partial charge in [0.2, 0.25) is 0 Å². The lowest BCUT2D eigenvalue weighted by atomic mass is 10.0. The van der Waals surface area contributed by atoms with Crippen LogP contribution in [0.2, 0.25) is 0 Å². The smallest absolute Gasteiger partial charge is 0.353 e. The fourth-order valence-electron chi connectivity index (χ4n) is 2.15. The van der Waals surface area contributed by atoms with Crippen LogP contribution in [0.15, 0.2) is 36.5 Å². The lowest BCUT2D eigenvalue weighted by Gasteiger charge is -2.11. The van der Waals surface area contributed by atoms with Gasteiger partial charge in [-0.2, -0.15) is 0 Å². The van der Waals surface area contributed by atoms with Crippen LogP contribution in [-0.2, 0) is 0 Å². The quantitative estimate of drug-likeness (QED) is 0.892. The average Bonchev–Trinajstić information content (AvgIpc) is 2.73. The van der Waals surface area contributed by atoms with E-state index in [-0.39, 0.29) is 6.04 Å². The van der Waals surface area contributed by atoms with Gasteiger partial charge >= 0.3 is 5.97 Å². The van der Waals surface area contributed by atoms with E-state index < -0.39 is 5.97 Å². The molecule has 0 unspecified atom stereocenters. The van der Waals surface area contributed by atoms with Gasteiger partial charge in [-0.05, 0) is 32.4 Å². The predicted octanol–water partition coefficient (Wildman–Crippen LogP) is 3.74. The van der Waals surface area contributed by atoms with Gasteiger partial charge in [0.1, 0.15) is 5.69 Å². The summed E-state index contributed by atoms with van der Waals surface area (Å²) in [6, 6.07) is 9.91. The third-order valence-corrected chi connectivity index (χ3v) is 3.00. The summed E-state index contributed by atoms with van der Waals surface area (Å²) in [5.74, 6) is -0.884. The van der Waals surface area contributed by atoms with Crippen LogP contribution in [0.5, 0.6) is 0 Å². The fraction of sp³-hybridized carbons (Fsp3) is 0.267. The van der Waals surface area contributed by atoms with E-state index in [0.717, 1.165) is 16.7 Å². The molecule has 1 heterocycles. The van der Waals surface area contributed by atoms with Gasteiger partial charge in [-0.1, -0.05) is 29.8 Å². The minimum Gasteiger partial charge on any atom is -0.477 e. The van der Waals surface area contributed by atoms with Gasteiger partial charge in [0.05, 0.1) is 0 Å². The molecule has 0 amide bonds. The second-order valence-corrected chi connectivity index (χ2v) is 4.75. The normalized spacial score (nSPS) is 10.9. The number of aromatic carboxylic acids is 1. The van der Waals surface area contributed by atoms with E-state index >= 15 is 0 Å². The number of rotatable bonds is 3. The third-order valence-electron chi connectivity index (χ3n) is 3.00. The Hall–Kier alpha value is -2.03. The Morgan fingerprint density at radius 1 is 1.28 bits per heavy atom. The molecule has 0 saturated carbocycles. The third kappa shape index (κ3) is 2.16. The van der Waals surface area contributed by atoms with Crippen molar-refractivity contribution in [1.82, 2.24) is 4.57 Å². The van der Waals surface area contributed by atoms with Crippen LogP contribution in [0, 0.1) is 6.92 Å². The minimum atomic E-state index is -0.884. The molecule has 0 spiro atoms. The summed E-state index contributed by atoms with van der Waals surface area (Å²) in [7, 11) is 0. The standard InChI is InChI=1S/C15H17NO2/c1-10(2)16-8-7-13(14(16)15(17)18)12-6-4-5-11(3)9-12/h4-10H,1-3H3,(H,17,18). The Morgan fingerprint density at radius 3 is 2.56 bits per heavy atom. The van der Waals surface area contributed by atoms with E-state index in [4.69, 9.17) is 0 Å². The molecule has 3 nitrogen and oxygen atoms in total. The van der Waals surface area contributed by atoms with Crippen molar-refractivity contribution in [1.29, 1.82) is 0 Å². The topological polar surface area (TPSA) is 42.2 Å². The number of nitrogens with zero attached hydrogens (tertiary/aromatic N) is 1. The molecular formula is C15H17NO2. The van der Waals surface area contributed by atoms with E-state index in [0.29, 0.717) is 5.69 Å². The van der Waals surface area contributed by atoms with Crippen molar-refractivity contribution in [2.75, 3.05) is 0 Å². The lowest BCUT2D eigenvalue weighted by Crippen LogP contribution is -2.10. The Kier molecular flexibility index (Phi) is 3.24. The van der Waals surface area contributed by atoms with Gasteiger partial charge in [-0.15, -0.1) is 0 Å². The zero-order valence-corrected chi connectivity index (χ0v) is 10.8. The number of aryl methyl sites for hydroxylation is 1. The van der Waals surface area contributed by atoms with Crippen molar-refractivity contribution in [2.45, 2.75) is 26.8 Å². The van der Waals surface area contributed by atoms with E-state index in [1.807, 2.05) is 57.3 Å². The monoisotopic (exact) mass is 243 g/mol. The van der Waals surface area contributed by atoms with Crippen LogP contribution in [0.3, 0.4) is 0 Å². The Labute approximate surface area is 107 Å². The molecule has 1 N–H and O–H groups in total. The number of hydrogen-bond acceptors (Lipinski definition) is 1. The molecule has 2 rings (SSSR count). The maximum absolute atomic E-state index is 11.4. The minimum absolute atomic E-state index is 0.134. The highest BCUT2D eigenvalue weighted by atomic mass is 16.4. The number of benzene rings is 1. The number of aromatic nitrogens is 1.